The van der Waals surface area contributed by atoms with Gasteiger partial charge in [0.05, 0.1) is 11.7 Å². The van der Waals surface area contributed by atoms with E-state index in [1.165, 1.54) is 17.9 Å². The molecular formula is C10H13NO2S3. The normalized spacial score (nSPS) is 27.4. The summed E-state index contributed by atoms with van der Waals surface area (Å²) in [7, 11) is 4.56. The maximum absolute atomic E-state index is 11.5. The summed E-state index contributed by atoms with van der Waals surface area (Å²) < 4.78 is 5.04. The Balaban J connectivity index is 3.06. The highest BCUT2D eigenvalue weighted by atomic mass is 33.1. The third-order valence-corrected chi connectivity index (χ3v) is 7.09. The van der Waals surface area contributed by atoms with E-state index in [9.17, 15) is 4.79 Å². The first-order valence-electron chi connectivity index (χ1n) is 4.78. The Hall–Kier alpha value is -0.250. The SMILES string of the molecule is CCC1/C(=C(/C#N)C(=O)OC)SSC1SC. The molecule has 1 saturated heterocycles. The maximum Gasteiger partial charge on any atom is 0.349 e. The van der Waals surface area contributed by atoms with Gasteiger partial charge in [0.25, 0.3) is 0 Å². The molecule has 0 aromatic heterocycles. The smallest absolute Gasteiger partial charge is 0.349 e. The van der Waals surface area contributed by atoms with E-state index in [2.05, 4.69) is 11.7 Å². The molecule has 2 atom stereocenters. The molecule has 0 amide bonds. The molecule has 88 valence electrons. The standard InChI is InChI=1S/C10H13NO2S3/c1-4-6-8(15-16-10(6)14-3)7(5-11)9(12)13-2/h6,10H,4H2,1-3H3/b8-7+. The Morgan fingerprint density at radius 1 is 1.69 bits per heavy atom. The summed E-state index contributed by atoms with van der Waals surface area (Å²) in [5, 5.41) is 9.02. The summed E-state index contributed by atoms with van der Waals surface area (Å²) in [6.07, 6.45) is 2.98. The summed E-state index contributed by atoms with van der Waals surface area (Å²) in [6, 6.07) is 1.97. The Labute approximate surface area is 108 Å². The fourth-order valence-corrected chi connectivity index (χ4v) is 6.59. The number of hydrogen-bond acceptors (Lipinski definition) is 6. The van der Waals surface area contributed by atoms with Crippen LogP contribution < -0.4 is 0 Å². The average molecular weight is 275 g/mol. The number of methoxy groups -OCH3 is 1. The van der Waals surface area contributed by atoms with Gasteiger partial charge < -0.3 is 4.74 Å². The van der Waals surface area contributed by atoms with Gasteiger partial charge in [0.1, 0.15) is 11.6 Å². The molecule has 0 bridgehead atoms. The Kier molecular flexibility index (Phi) is 5.59. The lowest BCUT2D eigenvalue weighted by atomic mass is 10.0. The van der Waals surface area contributed by atoms with E-state index in [-0.39, 0.29) is 11.5 Å². The van der Waals surface area contributed by atoms with Crippen molar-refractivity contribution in [2.75, 3.05) is 13.4 Å². The van der Waals surface area contributed by atoms with Crippen molar-refractivity contribution in [2.45, 2.75) is 17.9 Å². The number of nitrogens with zero attached hydrogens (tertiary/aromatic N) is 1. The average Bonchev–Trinajstić information content (AvgIpc) is 2.72. The third-order valence-electron chi connectivity index (χ3n) is 2.32. The number of carbonyl (C=O) groups excluding carboxylic acids is 1. The van der Waals surface area contributed by atoms with Crippen molar-refractivity contribution >= 4 is 39.3 Å². The number of hydrogen-bond donors (Lipinski definition) is 0. The lowest BCUT2D eigenvalue weighted by Gasteiger charge is -2.14. The van der Waals surface area contributed by atoms with Crippen LogP contribution in [0.25, 0.3) is 0 Å². The number of carbonyl (C=O) groups is 1. The predicted octanol–water partition coefficient (Wildman–Crippen LogP) is 3.05. The first-order chi connectivity index (χ1) is 7.69. The molecule has 0 saturated carbocycles. The zero-order valence-corrected chi connectivity index (χ0v) is 11.8. The highest BCUT2D eigenvalue weighted by molar-refractivity contribution is 8.80. The summed E-state index contributed by atoms with van der Waals surface area (Å²) >= 11 is 1.76. The molecule has 0 aliphatic carbocycles. The number of thioether (sulfide) groups is 1. The fraction of sp³-hybridized carbons (Fsp3) is 0.600. The second-order valence-electron chi connectivity index (χ2n) is 3.14. The minimum Gasteiger partial charge on any atom is -0.465 e. The van der Waals surface area contributed by atoms with Crippen LogP contribution in [0.5, 0.6) is 0 Å². The van der Waals surface area contributed by atoms with Crippen molar-refractivity contribution in [3.05, 3.63) is 10.5 Å². The van der Waals surface area contributed by atoms with Crippen molar-refractivity contribution < 1.29 is 9.53 Å². The van der Waals surface area contributed by atoms with Crippen LogP contribution in [-0.4, -0.2) is 23.9 Å². The van der Waals surface area contributed by atoms with Crippen molar-refractivity contribution in [1.29, 1.82) is 5.26 Å². The second kappa shape index (κ2) is 6.48. The van der Waals surface area contributed by atoms with Gasteiger partial charge in [0.2, 0.25) is 0 Å². The van der Waals surface area contributed by atoms with Crippen LogP contribution in [0, 0.1) is 17.2 Å². The zero-order chi connectivity index (χ0) is 12.1. The molecule has 1 rings (SSSR count). The number of ether oxygens (including phenoxy) is 1. The summed E-state index contributed by atoms with van der Waals surface area (Å²) in [5.74, 6) is -0.246. The lowest BCUT2D eigenvalue weighted by molar-refractivity contribution is -0.135. The number of nitriles is 1. The molecular weight excluding hydrogens is 262 g/mol. The Morgan fingerprint density at radius 3 is 2.81 bits per heavy atom. The largest absolute Gasteiger partial charge is 0.465 e. The summed E-state index contributed by atoms with van der Waals surface area (Å²) in [5.41, 5.74) is 0.170. The maximum atomic E-state index is 11.5. The van der Waals surface area contributed by atoms with Gasteiger partial charge >= 0.3 is 5.97 Å². The van der Waals surface area contributed by atoms with Gasteiger partial charge in [-0.25, -0.2) is 4.79 Å². The van der Waals surface area contributed by atoms with E-state index in [0.29, 0.717) is 4.58 Å². The van der Waals surface area contributed by atoms with E-state index in [4.69, 9.17) is 5.26 Å². The third kappa shape index (κ3) is 2.70. The van der Waals surface area contributed by atoms with Gasteiger partial charge in [-0.15, -0.1) is 11.8 Å². The van der Waals surface area contributed by atoms with Gasteiger partial charge in [0, 0.05) is 10.8 Å². The highest BCUT2D eigenvalue weighted by Gasteiger charge is 2.35. The number of rotatable bonds is 3. The lowest BCUT2D eigenvalue weighted by Crippen LogP contribution is -2.13. The minimum absolute atomic E-state index is 0.170. The monoisotopic (exact) mass is 275 g/mol. The van der Waals surface area contributed by atoms with Gasteiger partial charge in [-0.3, -0.25) is 0 Å². The summed E-state index contributed by atoms with van der Waals surface area (Å²) in [4.78, 5) is 12.3. The van der Waals surface area contributed by atoms with E-state index in [1.54, 1.807) is 22.6 Å². The molecule has 0 radical (unpaired) electrons. The van der Waals surface area contributed by atoms with E-state index < -0.39 is 5.97 Å². The molecule has 0 spiro atoms. The molecule has 2 unspecified atom stereocenters. The Bertz CT molecular complexity index is 348. The quantitative estimate of drug-likeness (QED) is 0.341. The van der Waals surface area contributed by atoms with Gasteiger partial charge in [-0.1, -0.05) is 28.5 Å². The van der Waals surface area contributed by atoms with Gasteiger partial charge in [-0.05, 0) is 12.7 Å². The molecule has 1 heterocycles. The van der Waals surface area contributed by atoms with Crippen molar-refractivity contribution in [3.8, 4) is 6.07 Å². The van der Waals surface area contributed by atoms with Crippen LogP contribution in [0.3, 0.4) is 0 Å². The van der Waals surface area contributed by atoms with Crippen LogP contribution in [-0.2, 0) is 9.53 Å². The molecule has 0 N–H and O–H groups in total. The van der Waals surface area contributed by atoms with Crippen molar-refractivity contribution in [2.24, 2.45) is 5.92 Å². The molecule has 0 aromatic rings. The van der Waals surface area contributed by atoms with E-state index in [0.717, 1.165) is 11.3 Å². The molecule has 6 heteroatoms. The molecule has 1 aliphatic heterocycles. The van der Waals surface area contributed by atoms with Crippen LogP contribution in [0.2, 0.25) is 0 Å². The first kappa shape index (κ1) is 13.8. The highest BCUT2D eigenvalue weighted by Crippen LogP contribution is 2.56. The molecule has 1 aliphatic rings. The molecule has 1 fully saturated rings. The van der Waals surface area contributed by atoms with Crippen LogP contribution in [0.1, 0.15) is 13.3 Å². The van der Waals surface area contributed by atoms with Crippen LogP contribution >= 0.6 is 33.3 Å². The minimum atomic E-state index is -0.522. The first-order valence-corrected chi connectivity index (χ1v) is 8.28. The topological polar surface area (TPSA) is 50.1 Å². The number of allylic oxidation sites excluding steroid dienone is 1. The van der Waals surface area contributed by atoms with Gasteiger partial charge in [0.15, 0.2) is 0 Å². The van der Waals surface area contributed by atoms with Crippen LogP contribution in [0.4, 0.5) is 0 Å². The molecule has 0 aromatic carbocycles. The molecule has 3 nitrogen and oxygen atoms in total. The van der Waals surface area contributed by atoms with Crippen LogP contribution in [0.15, 0.2) is 10.5 Å². The van der Waals surface area contributed by atoms with Crippen molar-refractivity contribution in [1.82, 2.24) is 0 Å². The zero-order valence-electron chi connectivity index (χ0n) is 9.35. The second-order valence-corrected chi connectivity index (χ2v) is 6.80. The number of esters is 1. The summed E-state index contributed by atoms with van der Waals surface area (Å²) in [6.45, 7) is 2.08. The predicted molar refractivity (Wildman–Crippen MR) is 70.9 cm³/mol. The van der Waals surface area contributed by atoms with Gasteiger partial charge in [-0.2, -0.15) is 5.26 Å². The van der Waals surface area contributed by atoms with Crippen molar-refractivity contribution in [3.63, 3.8) is 0 Å². The Morgan fingerprint density at radius 2 is 2.38 bits per heavy atom. The molecule has 16 heavy (non-hydrogen) atoms. The van der Waals surface area contributed by atoms with E-state index >= 15 is 0 Å². The fourth-order valence-electron chi connectivity index (χ4n) is 1.46. The van der Waals surface area contributed by atoms with E-state index in [1.807, 2.05) is 12.3 Å².